The first kappa shape index (κ1) is 16.0. The minimum Gasteiger partial charge on any atom is -0.465 e. The van der Waals surface area contributed by atoms with Crippen molar-refractivity contribution in [3.8, 4) is 0 Å². The Bertz CT molecular complexity index is 582. The maximum absolute atomic E-state index is 11.0. The lowest BCUT2D eigenvalue weighted by molar-refractivity contribution is -0.385. The predicted octanol–water partition coefficient (Wildman–Crippen LogP) is 1.42. The van der Waals surface area contributed by atoms with Gasteiger partial charge in [-0.3, -0.25) is 10.1 Å². The zero-order valence-electron chi connectivity index (χ0n) is 12.7. The first-order valence-corrected chi connectivity index (χ1v) is 7.06. The van der Waals surface area contributed by atoms with Gasteiger partial charge >= 0.3 is 6.09 Å². The van der Waals surface area contributed by atoms with E-state index in [-0.39, 0.29) is 12.2 Å². The molecule has 1 aliphatic rings. The van der Waals surface area contributed by atoms with Crippen molar-refractivity contribution in [2.75, 3.05) is 38.1 Å². The van der Waals surface area contributed by atoms with Gasteiger partial charge in [0.15, 0.2) is 0 Å². The van der Waals surface area contributed by atoms with Gasteiger partial charge in [-0.25, -0.2) is 4.79 Å². The quantitative estimate of drug-likeness (QED) is 0.645. The molecule has 1 aliphatic heterocycles. The van der Waals surface area contributed by atoms with Crippen molar-refractivity contribution in [1.82, 2.24) is 10.2 Å². The van der Waals surface area contributed by atoms with Crippen LogP contribution < -0.4 is 10.2 Å². The van der Waals surface area contributed by atoms with Gasteiger partial charge in [0.1, 0.15) is 0 Å². The minimum absolute atomic E-state index is 0.0161. The molecule has 8 nitrogen and oxygen atoms in total. The highest BCUT2D eigenvalue weighted by atomic mass is 16.6. The number of anilines is 1. The van der Waals surface area contributed by atoms with Gasteiger partial charge in [-0.15, -0.1) is 0 Å². The molecule has 0 spiro atoms. The molecule has 0 atom stereocenters. The third-order valence-electron chi connectivity index (χ3n) is 3.82. The molecule has 0 bridgehead atoms. The number of nitrogens with one attached hydrogen (secondary N) is 1. The fourth-order valence-corrected chi connectivity index (χ4v) is 2.73. The lowest BCUT2D eigenvalue weighted by Crippen LogP contribution is -2.45. The zero-order chi connectivity index (χ0) is 16.3. The molecule has 2 N–H and O–H groups in total. The SMILES string of the molecule is Cc1cc([N+](=O)[O-])cc(CNC(=O)O)c1N1CCN(C)CC1. The van der Waals surface area contributed by atoms with Crippen molar-refractivity contribution in [3.63, 3.8) is 0 Å². The van der Waals surface area contributed by atoms with E-state index in [2.05, 4.69) is 15.1 Å². The second kappa shape index (κ2) is 6.61. The van der Waals surface area contributed by atoms with Crippen LogP contribution in [0.15, 0.2) is 12.1 Å². The number of rotatable bonds is 4. The zero-order valence-corrected chi connectivity index (χ0v) is 12.7. The van der Waals surface area contributed by atoms with Crippen LogP contribution in [-0.4, -0.2) is 54.2 Å². The van der Waals surface area contributed by atoms with Gasteiger partial charge in [0, 0.05) is 56.1 Å². The molecule has 1 aromatic carbocycles. The molecule has 8 heteroatoms. The number of hydrogen-bond donors (Lipinski definition) is 2. The van der Waals surface area contributed by atoms with Gasteiger partial charge < -0.3 is 20.2 Å². The number of nitrogens with zero attached hydrogens (tertiary/aromatic N) is 3. The van der Waals surface area contributed by atoms with E-state index in [0.717, 1.165) is 37.4 Å². The van der Waals surface area contributed by atoms with E-state index in [9.17, 15) is 14.9 Å². The minimum atomic E-state index is -1.14. The molecule has 1 fully saturated rings. The number of nitro groups is 1. The number of carboxylic acid groups (broad SMARTS) is 1. The maximum atomic E-state index is 11.0. The van der Waals surface area contributed by atoms with Gasteiger partial charge in [0.2, 0.25) is 0 Å². The monoisotopic (exact) mass is 308 g/mol. The summed E-state index contributed by atoms with van der Waals surface area (Å²) in [6, 6.07) is 2.99. The van der Waals surface area contributed by atoms with Crippen LogP contribution in [0.2, 0.25) is 0 Å². The van der Waals surface area contributed by atoms with Gasteiger partial charge in [0.05, 0.1) is 4.92 Å². The highest BCUT2D eigenvalue weighted by molar-refractivity contribution is 5.67. The molecule has 0 unspecified atom stereocenters. The summed E-state index contributed by atoms with van der Waals surface area (Å²) in [4.78, 5) is 25.7. The lowest BCUT2D eigenvalue weighted by atomic mass is 10.0. The number of benzene rings is 1. The number of non-ortho nitro benzene ring substituents is 1. The number of hydrogen-bond acceptors (Lipinski definition) is 5. The molecule has 120 valence electrons. The third kappa shape index (κ3) is 3.64. The van der Waals surface area contributed by atoms with E-state index in [4.69, 9.17) is 5.11 Å². The number of aryl methyl sites for hydroxylation is 1. The van der Waals surface area contributed by atoms with Crippen LogP contribution in [-0.2, 0) is 6.54 Å². The Morgan fingerprint density at radius 2 is 2.00 bits per heavy atom. The summed E-state index contributed by atoms with van der Waals surface area (Å²) in [5.41, 5.74) is 2.31. The largest absolute Gasteiger partial charge is 0.465 e. The summed E-state index contributed by atoms with van der Waals surface area (Å²) in [6.45, 7) is 5.32. The molecule has 2 rings (SSSR count). The first-order valence-electron chi connectivity index (χ1n) is 7.06. The standard InChI is InChI=1S/C14H20N4O4/c1-10-7-12(18(21)22)8-11(9-15-14(19)20)13(10)17-5-3-16(2)4-6-17/h7-8,15H,3-6,9H2,1-2H3,(H,19,20). The number of carbonyl (C=O) groups is 1. The summed E-state index contributed by atoms with van der Waals surface area (Å²) < 4.78 is 0. The first-order chi connectivity index (χ1) is 10.4. The third-order valence-corrected chi connectivity index (χ3v) is 3.82. The van der Waals surface area contributed by atoms with E-state index in [1.54, 1.807) is 0 Å². The lowest BCUT2D eigenvalue weighted by Gasteiger charge is -2.36. The molecule has 0 aromatic heterocycles. The van der Waals surface area contributed by atoms with Crippen LogP contribution in [0, 0.1) is 17.0 Å². The van der Waals surface area contributed by atoms with Crippen molar-refractivity contribution in [2.45, 2.75) is 13.5 Å². The number of nitro benzene ring substituents is 1. The van der Waals surface area contributed by atoms with Crippen molar-refractivity contribution in [3.05, 3.63) is 33.4 Å². The van der Waals surface area contributed by atoms with Crippen molar-refractivity contribution in [1.29, 1.82) is 0 Å². The Morgan fingerprint density at radius 1 is 1.36 bits per heavy atom. The van der Waals surface area contributed by atoms with Crippen molar-refractivity contribution in [2.24, 2.45) is 0 Å². The Kier molecular flexibility index (Phi) is 4.81. The summed E-state index contributed by atoms with van der Waals surface area (Å²) in [5, 5.41) is 22.1. The van der Waals surface area contributed by atoms with Crippen LogP contribution in [0.1, 0.15) is 11.1 Å². The molecular formula is C14H20N4O4. The van der Waals surface area contributed by atoms with Crippen LogP contribution in [0.5, 0.6) is 0 Å². The van der Waals surface area contributed by atoms with E-state index in [1.165, 1.54) is 12.1 Å². The number of likely N-dealkylation sites (N-methyl/N-ethyl adjacent to an activating group) is 1. The van der Waals surface area contributed by atoms with Gasteiger partial charge in [-0.2, -0.15) is 0 Å². The Morgan fingerprint density at radius 3 is 2.55 bits per heavy atom. The Balaban J connectivity index is 2.36. The van der Waals surface area contributed by atoms with Gasteiger partial charge in [-0.1, -0.05) is 0 Å². The molecule has 0 aliphatic carbocycles. The number of piperazine rings is 1. The highest BCUT2D eigenvalue weighted by Crippen LogP contribution is 2.30. The summed E-state index contributed by atoms with van der Waals surface area (Å²) in [6.07, 6.45) is -1.14. The average Bonchev–Trinajstić information content (AvgIpc) is 2.45. The molecule has 22 heavy (non-hydrogen) atoms. The average molecular weight is 308 g/mol. The molecule has 1 amide bonds. The van der Waals surface area contributed by atoms with Crippen LogP contribution in [0.25, 0.3) is 0 Å². The van der Waals surface area contributed by atoms with Gasteiger partial charge in [0.25, 0.3) is 5.69 Å². The molecule has 1 aromatic rings. The summed E-state index contributed by atoms with van der Waals surface area (Å²) in [5.74, 6) is 0. The second-order valence-electron chi connectivity index (χ2n) is 5.48. The molecule has 1 saturated heterocycles. The summed E-state index contributed by atoms with van der Waals surface area (Å²) >= 11 is 0. The van der Waals surface area contributed by atoms with Crippen LogP contribution >= 0.6 is 0 Å². The van der Waals surface area contributed by atoms with Crippen LogP contribution in [0.4, 0.5) is 16.2 Å². The molecule has 0 radical (unpaired) electrons. The van der Waals surface area contributed by atoms with Gasteiger partial charge in [-0.05, 0) is 19.5 Å². The molecular weight excluding hydrogens is 288 g/mol. The van der Waals surface area contributed by atoms with Crippen molar-refractivity contribution < 1.29 is 14.8 Å². The molecule has 1 heterocycles. The predicted molar refractivity (Wildman–Crippen MR) is 82.4 cm³/mol. The number of amides is 1. The fourth-order valence-electron chi connectivity index (χ4n) is 2.73. The van der Waals surface area contributed by atoms with Crippen molar-refractivity contribution >= 4 is 17.5 Å². The second-order valence-corrected chi connectivity index (χ2v) is 5.48. The van der Waals surface area contributed by atoms with Crippen LogP contribution in [0.3, 0.4) is 0 Å². The smallest absolute Gasteiger partial charge is 0.404 e. The molecule has 0 saturated carbocycles. The van der Waals surface area contributed by atoms with E-state index in [1.807, 2.05) is 14.0 Å². The highest BCUT2D eigenvalue weighted by Gasteiger charge is 2.22. The Labute approximate surface area is 128 Å². The topological polar surface area (TPSA) is 99.0 Å². The fraction of sp³-hybridized carbons (Fsp3) is 0.500. The maximum Gasteiger partial charge on any atom is 0.404 e. The normalized spacial score (nSPS) is 15.6. The van der Waals surface area contributed by atoms with E-state index in [0.29, 0.717) is 5.56 Å². The summed E-state index contributed by atoms with van der Waals surface area (Å²) in [7, 11) is 2.05. The van der Waals surface area contributed by atoms with E-state index < -0.39 is 11.0 Å². The Hall–Kier alpha value is -2.35. The van der Waals surface area contributed by atoms with E-state index >= 15 is 0 Å².